The Morgan fingerprint density at radius 3 is 2.48 bits per heavy atom. The Morgan fingerprint density at radius 1 is 1.06 bits per heavy atom. The maximum Gasteiger partial charge on any atom is 0.325 e. The summed E-state index contributed by atoms with van der Waals surface area (Å²) in [7, 11) is 1.57. The van der Waals surface area contributed by atoms with Gasteiger partial charge in [-0.15, -0.1) is 0 Å². The van der Waals surface area contributed by atoms with Crippen LogP contribution >= 0.6 is 0 Å². The van der Waals surface area contributed by atoms with Gasteiger partial charge in [-0.3, -0.25) is 14.6 Å². The predicted octanol–water partition coefficient (Wildman–Crippen LogP) is 3.20. The van der Waals surface area contributed by atoms with Crippen molar-refractivity contribution in [3.63, 3.8) is 0 Å². The summed E-state index contributed by atoms with van der Waals surface area (Å²) in [6.07, 6.45) is 9.81. The van der Waals surface area contributed by atoms with Gasteiger partial charge in [0.2, 0.25) is 5.91 Å². The second kappa shape index (κ2) is 13.9. The molecule has 9 heteroatoms. The average molecular weight is 459 g/mol. The minimum Gasteiger partial charge on any atom is -0.493 e. The number of hydrazone groups is 1. The molecule has 180 valence electrons. The predicted molar refractivity (Wildman–Crippen MR) is 128 cm³/mol. The number of carbonyl (C=O) groups excluding carboxylic acids is 1. The molecule has 0 aliphatic carbocycles. The zero-order valence-corrected chi connectivity index (χ0v) is 19.7. The molecule has 0 aliphatic heterocycles. The number of aryl methyl sites for hydroxylation is 1. The number of benzene rings is 1. The zero-order chi connectivity index (χ0) is 24.1. The number of carbonyl (C=O) groups is 1. The third kappa shape index (κ3) is 8.96. The Morgan fingerprint density at radius 2 is 1.79 bits per heavy atom. The first-order valence-electron chi connectivity index (χ1n) is 11.4. The number of nitrogens with one attached hydrogen (secondary N) is 3. The van der Waals surface area contributed by atoms with Crippen molar-refractivity contribution < 1.29 is 14.3 Å². The largest absolute Gasteiger partial charge is 0.493 e. The first kappa shape index (κ1) is 25.9. The highest BCUT2D eigenvalue weighted by atomic mass is 16.5. The van der Waals surface area contributed by atoms with E-state index in [0.717, 1.165) is 12.8 Å². The summed E-state index contributed by atoms with van der Waals surface area (Å²) < 4.78 is 11.3. The van der Waals surface area contributed by atoms with Crippen LogP contribution in [0, 0.1) is 6.92 Å². The first-order valence-corrected chi connectivity index (χ1v) is 11.4. The normalized spacial score (nSPS) is 11.0. The molecule has 0 unspecified atom stereocenters. The van der Waals surface area contributed by atoms with Gasteiger partial charge in [0.25, 0.3) is 5.56 Å². The van der Waals surface area contributed by atoms with Crippen molar-refractivity contribution in [2.45, 2.75) is 65.2 Å². The smallest absolute Gasteiger partial charge is 0.325 e. The molecule has 2 aromatic rings. The van der Waals surface area contributed by atoms with E-state index in [1.54, 1.807) is 20.1 Å². The SMILES string of the molecule is CCCCCCCCCOc1ccc(/C=N\NC(=O)Cc2c(C)[nH]c(=O)[nH]c2=O)cc1OC. The monoisotopic (exact) mass is 458 g/mol. The van der Waals surface area contributed by atoms with Gasteiger partial charge in [0.1, 0.15) is 0 Å². The molecule has 0 spiro atoms. The number of hydrogen-bond donors (Lipinski definition) is 3. The quantitative estimate of drug-likeness (QED) is 0.228. The number of hydrogen-bond acceptors (Lipinski definition) is 6. The zero-order valence-electron chi connectivity index (χ0n) is 19.7. The summed E-state index contributed by atoms with van der Waals surface area (Å²) in [5.41, 5.74) is 2.43. The van der Waals surface area contributed by atoms with Gasteiger partial charge in [-0.1, -0.05) is 45.4 Å². The number of nitrogens with zero attached hydrogens (tertiary/aromatic N) is 1. The van der Waals surface area contributed by atoms with Gasteiger partial charge >= 0.3 is 5.69 Å². The lowest BCUT2D eigenvalue weighted by Gasteiger charge is -2.11. The van der Waals surface area contributed by atoms with Crippen LogP contribution in [0.15, 0.2) is 32.9 Å². The lowest BCUT2D eigenvalue weighted by Crippen LogP contribution is -2.30. The van der Waals surface area contributed by atoms with E-state index in [1.807, 2.05) is 12.1 Å². The molecule has 0 atom stereocenters. The lowest BCUT2D eigenvalue weighted by atomic mass is 10.1. The van der Waals surface area contributed by atoms with Gasteiger partial charge in [-0.25, -0.2) is 10.2 Å². The molecule has 0 fully saturated rings. The highest BCUT2D eigenvalue weighted by molar-refractivity contribution is 5.84. The minimum atomic E-state index is -0.608. The van der Waals surface area contributed by atoms with Gasteiger partial charge < -0.3 is 14.5 Å². The number of unbranched alkanes of at least 4 members (excludes halogenated alkanes) is 6. The van der Waals surface area contributed by atoms with Crippen LogP contribution in [0.25, 0.3) is 0 Å². The highest BCUT2D eigenvalue weighted by Gasteiger charge is 2.11. The third-order valence-electron chi connectivity index (χ3n) is 5.19. The molecule has 1 heterocycles. The van der Waals surface area contributed by atoms with Crippen molar-refractivity contribution in [1.29, 1.82) is 0 Å². The molecule has 0 saturated heterocycles. The fraction of sp³-hybridized carbons (Fsp3) is 0.500. The number of methoxy groups -OCH3 is 1. The number of H-pyrrole nitrogens is 2. The molecular formula is C24H34N4O5. The van der Waals surface area contributed by atoms with Crippen LogP contribution in [0.2, 0.25) is 0 Å². The van der Waals surface area contributed by atoms with Crippen LogP contribution in [0.3, 0.4) is 0 Å². The summed E-state index contributed by atoms with van der Waals surface area (Å²) in [5.74, 6) is 0.773. The van der Waals surface area contributed by atoms with Gasteiger partial charge in [-0.2, -0.15) is 5.10 Å². The van der Waals surface area contributed by atoms with E-state index in [4.69, 9.17) is 9.47 Å². The molecule has 0 aliphatic rings. The van der Waals surface area contributed by atoms with Gasteiger partial charge in [0, 0.05) is 11.3 Å². The van der Waals surface area contributed by atoms with E-state index in [0.29, 0.717) is 29.4 Å². The Bertz CT molecular complexity index is 1040. The van der Waals surface area contributed by atoms with Gasteiger partial charge in [0.15, 0.2) is 11.5 Å². The number of amides is 1. The number of ether oxygens (including phenoxy) is 2. The first-order chi connectivity index (χ1) is 15.9. The summed E-state index contributed by atoms with van der Waals surface area (Å²) in [4.78, 5) is 39.7. The summed E-state index contributed by atoms with van der Waals surface area (Å²) in [5, 5.41) is 3.93. The van der Waals surface area contributed by atoms with Crippen molar-refractivity contribution in [2.24, 2.45) is 5.10 Å². The van der Waals surface area contributed by atoms with Crippen molar-refractivity contribution in [3.05, 3.63) is 55.9 Å². The van der Waals surface area contributed by atoms with Crippen molar-refractivity contribution in [1.82, 2.24) is 15.4 Å². The Hall–Kier alpha value is -3.36. The molecular weight excluding hydrogens is 424 g/mol. The van der Waals surface area contributed by atoms with Crippen LogP contribution in [-0.4, -0.2) is 35.8 Å². The van der Waals surface area contributed by atoms with Crippen LogP contribution in [0.4, 0.5) is 0 Å². The maximum absolute atomic E-state index is 12.1. The van der Waals surface area contributed by atoms with E-state index >= 15 is 0 Å². The minimum absolute atomic E-state index is 0.187. The molecule has 0 saturated carbocycles. The fourth-order valence-corrected chi connectivity index (χ4v) is 3.34. The fourth-order valence-electron chi connectivity index (χ4n) is 3.34. The molecule has 9 nitrogen and oxygen atoms in total. The average Bonchev–Trinajstić information content (AvgIpc) is 2.78. The van der Waals surface area contributed by atoms with Crippen molar-refractivity contribution in [3.8, 4) is 11.5 Å². The third-order valence-corrected chi connectivity index (χ3v) is 5.19. The molecule has 0 radical (unpaired) electrons. The van der Waals surface area contributed by atoms with E-state index in [2.05, 4.69) is 27.4 Å². The summed E-state index contributed by atoms with van der Waals surface area (Å²) in [6.45, 7) is 4.41. The molecule has 0 bridgehead atoms. The second-order valence-corrected chi connectivity index (χ2v) is 7.86. The highest BCUT2D eigenvalue weighted by Crippen LogP contribution is 2.27. The van der Waals surface area contributed by atoms with Crippen LogP contribution in [-0.2, 0) is 11.2 Å². The Kier molecular flexibility index (Phi) is 10.9. The molecule has 33 heavy (non-hydrogen) atoms. The van der Waals surface area contributed by atoms with E-state index in [1.165, 1.54) is 38.3 Å². The van der Waals surface area contributed by atoms with Crippen LogP contribution in [0.1, 0.15) is 68.7 Å². The maximum atomic E-state index is 12.1. The van der Waals surface area contributed by atoms with E-state index in [-0.39, 0.29) is 12.0 Å². The standard InChI is InChI=1S/C24H34N4O5/c1-4-5-6-7-8-9-10-13-33-20-12-11-18(14-21(20)32-3)16-25-28-22(29)15-19-17(2)26-24(31)27-23(19)30/h11-12,14,16H,4-10,13,15H2,1-3H3,(H,28,29)(H2,26,27,30,31)/b25-16-. The van der Waals surface area contributed by atoms with E-state index in [9.17, 15) is 14.4 Å². The number of rotatable bonds is 14. The van der Waals surface area contributed by atoms with Crippen molar-refractivity contribution >= 4 is 12.1 Å². The van der Waals surface area contributed by atoms with Crippen molar-refractivity contribution in [2.75, 3.05) is 13.7 Å². The molecule has 3 N–H and O–H groups in total. The molecule has 1 amide bonds. The van der Waals surface area contributed by atoms with Crippen LogP contribution in [0.5, 0.6) is 11.5 Å². The Labute approximate surface area is 193 Å². The van der Waals surface area contributed by atoms with Gasteiger partial charge in [0.05, 0.1) is 26.4 Å². The van der Waals surface area contributed by atoms with Gasteiger partial charge in [-0.05, 0) is 37.1 Å². The number of aromatic amines is 2. The topological polar surface area (TPSA) is 126 Å². The van der Waals surface area contributed by atoms with Crippen LogP contribution < -0.4 is 26.1 Å². The molecule has 1 aromatic carbocycles. The lowest BCUT2D eigenvalue weighted by molar-refractivity contribution is -0.120. The van der Waals surface area contributed by atoms with E-state index < -0.39 is 17.2 Å². The number of aromatic nitrogens is 2. The summed E-state index contributed by atoms with van der Waals surface area (Å²) in [6, 6.07) is 5.40. The summed E-state index contributed by atoms with van der Waals surface area (Å²) >= 11 is 0. The molecule has 2 rings (SSSR count). The Balaban J connectivity index is 1.83. The molecule has 1 aromatic heterocycles. The second-order valence-electron chi connectivity index (χ2n) is 7.86.